The van der Waals surface area contributed by atoms with Crippen LogP contribution in [0.25, 0.3) is 17.1 Å². The molecule has 1 atom stereocenters. The number of halogens is 1. The molecule has 0 fully saturated rings. The van der Waals surface area contributed by atoms with Crippen molar-refractivity contribution in [2.24, 2.45) is 0 Å². The molecule has 0 aliphatic carbocycles. The van der Waals surface area contributed by atoms with E-state index in [0.717, 1.165) is 22.2 Å². The van der Waals surface area contributed by atoms with E-state index in [2.05, 4.69) is 10.2 Å². The molecule has 0 bridgehead atoms. The summed E-state index contributed by atoms with van der Waals surface area (Å²) in [6.07, 6.45) is -0.375. The minimum Gasteiger partial charge on any atom is -0.460 e. The summed E-state index contributed by atoms with van der Waals surface area (Å²) < 4.78 is 7.21. The molecule has 0 saturated heterocycles. The second-order valence-electron chi connectivity index (χ2n) is 5.54. The molecule has 134 valence electrons. The number of aromatic nitrogens is 3. The van der Waals surface area contributed by atoms with Crippen LogP contribution >= 0.6 is 23.4 Å². The van der Waals surface area contributed by atoms with Gasteiger partial charge in [-0.2, -0.15) is 0 Å². The highest BCUT2D eigenvalue weighted by atomic mass is 35.5. The van der Waals surface area contributed by atoms with Crippen LogP contribution in [0.5, 0.6) is 0 Å². The number of carbonyl (C=O) groups is 1. The van der Waals surface area contributed by atoms with E-state index in [1.165, 1.54) is 18.7 Å². The Morgan fingerprint density at radius 1 is 1.12 bits per heavy atom. The molecule has 0 unspecified atom stereocenters. The molecule has 3 rings (SSSR count). The van der Waals surface area contributed by atoms with Crippen LogP contribution in [0.15, 0.2) is 65.8 Å². The fourth-order valence-electron chi connectivity index (χ4n) is 2.46. The summed E-state index contributed by atoms with van der Waals surface area (Å²) in [5, 5.41) is 9.45. The summed E-state index contributed by atoms with van der Waals surface area (Å²) in [5.41, 5.74) is 1.94. The highest BCUT2D eigenvalue weighted by molar-refractivity contribution is 7.99. The van der Waals surface area contributed by atoms with E-state index in [1.807, 2.05) is 65.2 Å². The number of benzene rings is 2. The zero-order valence-corrected chi connectivity index (χ0v) is 15.8. The molecular formula is C19H18ClN3O2S. The summed E-state index contributed by atoms with van der Waals surface area (Å²) in [6.45, 7) is 1.38. The third-order valence-corrected chi connectivity index (χ3v) is 4.99. The normalized spacial score (nSPS) is 11.9. The highest BCUT2D eigenvalue weighted by Gasteiger charge is 2.18. The van der Waals surface area contributed by atoms with Crippen LogP contribution in [0.4, 0.5) is 0 Å². The van der Waals surface area contributed by atoms with Gasteiger partial charge in [0.25, 0.3) is 0 Å². The lowest BCUT2D eigenvalue weighted by molar-refractivity contribution is -0.144. The predicted molar refractivity (Wildman–Crippen MR) is 104 cm³/mol. The quantitative estimate of drug-likeness (QED) is 0.345. The molecule has 0 aliphatic rings. The van der Waals surface area contributed by atoms with Crippen molar-refractivity contribution in [1.29, 1.82) is 0 Å². The molecule has 0 spiro atoms. The predicted octanol–water partition coefficient (Wildman–Crippen LogP) is 4.20. The molecule has 0 N–H and O–H groups in total. The molecule has 5 nitrogen and oxygen atoms in total. The third kappa shape index (κ3) is 4.45. The van der Waals surface area contributed by atoms with Gasteiger partial charge in [-0.25, -0.2) is 0 Å². The number of alkyl halides is 1. The number of hydrogen-bond acceptors (Lipinski definition) is 5. The van der Waals surface area contributed by atoms with Crippen molar-refractivity contribution < 1.29 is 9.53 Å². The van der Waals surface area contributed by atoms with Crippen LogP contribution < -0.4 is 0 Å². The molecule has 0 amide bonds. The number of para-hydroxylation sites is 1. The zero-order valence-electron chi connectivity index (χ0n) is 14.2. The molecule has 1 aromatic heterocycles. The number of esters is 1. The Kier molecular flexibility index (Phi) is 6.30. The second kappa shape index (κ2) is 8.87. The number of carbonyl (C=O) groups excluding carboxylic acids is 1. The van der Waals surface area contributed by atoms with Crippen molar-refractivity contribution in [3.05, 3.63) is 60.7 Å². The first-order valence-corrected chi connectivity index (χ1v) is 9.63. The van der Waals surface area contributed by atoms with Crippen molar-refractivity contribution in [1.82, 2.24) is 14.8 Å². The van der Waals surface area contributed by atoms with Gasteiger partial charge >= 0.3 is 5.97 Å². The van der Waals surface area contributed by atoms with Crippen LogP contribution in [0, 0.1) is 0 Å². The number of nitrogens with zero attached hydrogens (tertiary/aromatic N) is 3. The van der Waals surface area contributed by atoms with Gasteiger partial charge in [0.1, 0.15) is 6.10 Å². The zero-order chi connectivity index (χ0) is 18.4. The second-order valence-corrected chi connectivity index (χ2v) is 6.84. The SMILES string of the molecule is CC(=O)O[C@H](CCl)CSc1nnc(-c2ccccc2)n1-c1ccccc1. The Morgan fingerprint density at radius 3 is 2.38 bits per heavy atom. The van der Waals surface area contributed by atoms with E-state index in [1.54, 1.807) is 0 Å². The van der Waals surface area contributed by atoms with Crippen LogP contribution in [0.3, 0.4) is 0 Å². The van der Waals surface area contributed by atoms with E-state index in [-0.39, 0.29) is 18.0 Å². The fraction of sp³-hybridized carbons (Fsp3) is 0.211. The Labute approximate surface area is 161 Å². The summed E-state index contributed by atoms with van der Waals surface area (Å²) in [4.78, 5) is 11.2. The Bertz CT molecular complexity index is 856. The minimum atomic E-state index is -0.375. The van der Waals surface area contributed by atoms with E-state index in [0.29, 0.717) is 5.75 Å². The average Bonchev–Trinajstić information content (AvgIpc) is 3.10. The maximum atomic E-state index is 11.2. The topological polar surface area (TPSA) is 57.0 Å². The maximum absolute atomic E-state index is 11.2. The molecule has 26 heavy (non-hydrogen) atoms. The van der Waals surface area contributed by atoms with Crippen molar-refractivity contribution in [2.45, 2.75) is 18.2 Å². The van der Waals surface area contributed by atoms with Gasteiger partial charge in [-0.15, -0.1) is 21.8 Å². The van der Waals surface area contributed by atoms with E-state index >= 15 is 0 Å². The summed E-state index contributed by atoms with van der Waals surface area (Å²) >= 11 is 7.36. The van der Waals surface area contributed by atoms with E-state index < -0.39 is 0 Å². The molecule has 0 aliphatic heterocycles. The Morgan fingerprint density at radius 2 is 1.77 bits per heavy atom. The van der Waals surface area contributed by atoms with E-state index in [9.17, 15) is 4.79 Å². The van der Waals surface area contributed by atoms with Crippen molar-refractivity contribution in [2.75, 3.05) is 11.6 Å². The molecule has 1 heterocycles. The van der Waals surface area contributed by atoms with Gasteiger partial charge in [-0.05, 0) is 12.1 Å². The van der Waals surface area contributed by atoms with Gasteiger partial charge in [-0.1, -0.05) is 60.3 Å². The Balaban J connectivity index is 1.93. The minimum absolute atomic E-state index is 0.234. The molecule has 0 radical (unpaired) electrons. The lowest BCUT2D eigenvalue weighted by Gasteiger charge is -2.14. The molecule has 3 aromatic rings. The molecular weight excluding hydrogens is 370 g/mol. The highest BCUT2D eigenvalue weighted by Crippen LogP contribution is 2.28. The standard InChI is InChI=1S/C19H18ClN3O2S/c1-14(24)25-17(12-20)13-26-19-22-21-18(15-8-4-2-5-9-15)23(19)16-10-6-3-7-11-16/h2-11,17H,12-13H2,1H3/t17-/m1/s1. The number of thioether (sulfide) groups is 1. The summed E-state index contributed by atoms with van der Waals surface area (Å²) in [7, 11) is 0. The third-order valence-electron chi connectivity index (χ3n) is 3.58. The van der Waals surface area contributed by atoms with Gasteiger partial charge < -0.3 is 4.74 Å². The van der Waals surface area contributed by atoms with Crippen LogP contribution in [0.2, 0.25) is 0 Å². The summed E-state index contributed by atoms with van der Waals surface area (Å²) in [6, 6.07) is 19.8. The largest absolute Gasteiger partial charge is 0.460 e. The van der Waals surface area contributed by atoms with Gasteiger partial charge in [0.15, 0.2) is 11.0 Å². The first kappa shape index (κ1) is 18.5. The van der Waals surface area contributed by atoms with Crippen LogP contribution in [-0.2, 0) is 9.53 Å². The number of hydrogen-bond donors (Lipinski definition) is 0. The summed E-state index contributed by atoms with van der Waals surface area (Å²) in [5.74, 6) is 1.15. The molecule has 7 heteroatoms. The van der Waals surface area contributed by atoms with Crippen molar-refractivity contribution in [3.8, 4) is 17.1 Å². The van der Waals surface area contributed by atoms with Crippen LogP contribution in [0.1, 0.15) is 6.92 Å². The smallest absolute Gasteiger partial charge is 0.302 e. The number of ether oxygens (including phenoxy) is 1. The fourth-order valence-corrected chi connectivity index (χ4v) is 3.70. The Hall–Kier alpha value is -2.31. The van der Waals surface area contributed by atoms with Crippen molar-refractivity contribution in [3.63, 3.8) is 0 Å². The van der Waals surface area contributed by atoms with Crippen molar-refractivity contribution >= 4 is 29.3 Å². The first-order valence-electron chi connectivity index (χ1n) is 8.11. The monoisotopic (exact) mass is 387 g/mol. The first-order chi connectivity index (χ1) is 12.7. The van der Waals surface area contributed by atoms with Gasteiger partial charge in [0.05, 0.1) is 5.88 Å². The maximum Gasteiger partial charge on any atom is 0.302 e. The van der Waals surface area contributed by atoms with Crippen LogP contribution in [-0.4, -0.2) is 38.5 Å². The lowest BCUT2D eigenvalue weighted by atomic mass is 10.2. The molecule has 0 saturated carbocycles. The molecule has 2 aromatic carbocycles. The average molecular weight is 388 g/mol. The lowest BCUT2D eigenvalue weighted by Crippen LogP contribution is -2.21. The van der Waals surface area contributed by atoms with Gasteiger partial charge in [0, 0.05) is 23.9 Å². The number of rotatable bonds is 7. The van der Waals surface area contributed by atoms with Gasteiger partial charge in [-0.3, -0.25) is 9.36 Å². The van der Waals surface area contributed by atoms with E-state index in [4.69, 9.17) is 16.3 Å². The van der Waals surface area contributed by atoms with Gasteiger partial charge in [0.2, 0.25) is 0 Å².